The van der Waals surface area contributed by atoms with E-state index < -0.39 is 0 Å². The summed E-state index contributed by atoms with van der Waals surface area (Å²) in [7, 11) is 3.34. The SMILES string of the molecule is COc1cc2c(C3=NC(C)(C)CO3)c(OC)ccc2cc1C. The molecule has 0 aliphatic carbocycles. The summed E-state index contributed by atoms with van der Waals surface area (Å²) in [6.45, 7) is 6.73. The van der Waals surface area contributed by atoms with Crippen LogP contribution in [0.5, 0.6) is 11.5 Å². The van der Waals surface area contributed by atoms with Crippen LogP contribution < -0.4 is 9.47 Å². The summed E-state index contributed by atoms with van der Waals surface area (Å²) in [5.74, 6) is 2.24. The molecule has 0 aromatic heterocycles. The van der Waals surface area contributed by atoms with Gasteiger partial charge in [-0.15, -0.1) is 0 Å². The van der Waals surface area contributed by atoms with Crippen molar-refractivity contribution >= 4 is 16.7 Å². The summed E-state index contributed by atoms with van der Waals surface area (Å²) in [4.78, 5) is 4.70. The molecule has 4 nitrogen and oxygen atoms in total. The predicted octanol–water partition coefficient (Wildman–Crippen LogP) is 3.72. The Hall–Kier alpha value is -2.23. The normalized spacial score (nSPS) is 16.3. The summed E-state index contributed by atoms with van der Waals surface area (Å²) < 4.78 is 16.8. The highest BCUT2D eigenvalue weighted by Crippen LogP contribution is 2.35. The molecule has 0 bridgehead atoms. The van der Waals surface area contributed by atoms with Crippen LogP contribution in [0, 0.1) is 6.92 Å². The largest absolute Gasteiger partial charge is 0.496 e. The molecule has 22 heavy (non-hydrogen) atoms. The molecule has 0 fully saturated rings. The van der Waals surface area contributed by atoms with Gasteiger partial charge in [0, 0.05) is 5.39 Å². The molecule has 0 amide bonds. The van der Waals surface area contributed by atoms with Crippen molar-refractivity contribution in [3.63, 3.8) is 0 Å². The standard InChI is InChI=1S/C18H21NO3/c1-11-8-12-6-7-14(20-4)16(13(12)9-15(11)21-5)17-19-18(2,3)10-22-17/h6-9H,10H2,1-5H3. The minimum atomic E-state index is -0.211. The van der Waals surface area contributed by atoms with Crippen LogP contribution in [0.25, 0.3) is 10.8 Å². The van der Waals surface area contributed by atoms with Crippen LogP contribution in [0.3, 0.4) is 0 Å². The van der Waals surface area contributed by atoms with Crippen LogP contribution >= 0.6 is 0 Å². The molecule has 1 aliphatic heterocycles. The third-order valence-corrected chi connectivity index (χ3v) is 3.90. The van der Waals surface area contributed by atoms with Crippen molar-refractivity contribution in [1.82, 2.24) is 0 Å². The van der Waals surface area contributed by atoms with Crippen LogP contribution in [0.4, 0.5) is 0 Å². The molecule has 116 valence electrons. The highest BCUT2D eigenvalue weighted by atomic mass is 16.5. The van der Waals surface area contributed by atoms with E-state index in [1.807, 2.05) is 25.1 Å². The lowest BCUT2D eigenvalue weighted by molar-refractivity contribution is 0.279. The zero-order valence-electron chi connectivity index (χ0n) is 13.7. The van der Waals surface area contributed by atoms with Crippen LogP contribution in [-0.4, -0.2) is 32.3 Å². The Morgan fingerprint density at radius 1 is 1.09 bits per heavy atom. The quantitative estimate of drug-likeness (QED) is 0.867. The minimum Gasteiger partial charge on any atom is -0.496 e. The van der Waals surface area contributed by atoms with Crippen molar-refractivity contribution in [1.29, 1.82) is 0 Å². The highest BCUT2D eigenvalue weighted by Gasteiger charge is 2.29. The Kier molecular flexibility index (Phi) is 3.47. The molecule has 0 atom stereocenters. The van der Waals surface area contributed by atoms with Crippen molar-refractivity contribution < 1.29 is 14.2 Å². The van der Waals surface area contributed by atoms with E-state index in [0.717, 1.165) is 33.4 Å². The predicted molar refractivity (Wildman–Crippen MR) is 88.4 cm³/mol. The summed E-state index contributed by atoms with van der Waals surface area (Å²) in [6.07, 6.45) is 0. The Morgan fingerprint density at radius 2 is 1.82 bits per heavy atom. The maximum absolute atomic E-state index is 5.84. The second kappa shape index (κ2) is 5.20. The van der Waals surface area contributed by atoms with Crippen molar-refractivity contribution in [2.45, 2.75) is 26.3 Å². The van der Waals surface area contributed by atoms with E-state index in [1.54, 1.807) is 14.2 Å². The third kappa shape index (κ3) is 2.39. The number of aliphatic imine (C=N–C) groups is 1. The Morgan fingerprint density at radius 3 is 2.41 bits per heavy atom. The van der Waals surface area contributed by atoms with Gasteiger partial charge < -0.3 is 14.2 Å². The van der Waals surface area contributed by atoms with Gasteiger partial charge >= 0.3 is 0 Å². The lowest BCUT2D eigenvalue weighted by Crippen LogP contribution is -2.17. The smallest absolute Gasteiger partial charge is 0.221 e. The van der Waals surface area contributed by atoms with Crippen molar-refractivity contribution in [2.24, 2.45) is 4.99 Å². The lowest BCUT2D eigenvalue weighted by atomic mass is 10.0. The molecule has 0 unspecified atom stereocenters. The Labute approximate surface area is 130 Å². The van der Waals surface area contributed by atoms with Crippen LogP contribution in [0.1, 0.15) is 25.0 Å². The van der Waals surface area contributed by atoms with E-state index in [0.29, 0.717) is 12.5 Å². The highest BCUT2D eigenvalue weighted by molar-refractivity contribution is 6.10. The number of benzene rings is 2. The zero-order valence-corrected chi connectivity index (χ0v) is 13.7. The number of methoxy groups -OCH3 is 2. The van der Waals surface area contributed by atoms with Crippen LogP contribution in [-0.2, 0) is 4.74 Å². The number of hydrogen-bond donors (Lipinski definition) is 0. The second-order valence-electron chi connectivity index (χ2n) is 6.20. The van der Waals surface area contributed by atoms with E-state index in [9.17, 15) is 0 Å². The first-order valence-electron chi connectivity index (χ1n) is 7.33. The summed E-state index contributed by atoms with van der Waals surface area (Å²) in [5.41, 5.74) is 1.78. The van der Waals surface area contributed by atoms with Gasteiger partial charge in [0.05, 0.1) is 25.3 Å². The number of rotatable bonds is 3. The van der Waals surface area contributed by atoms with Gasteiger partial charge in [-0.3, -0.25) is 0 Å². The topological polar surface area (TPSA) is 40.0 Å². The Balaban J connectivity index is 2.30. The molecule has 2 aromatic carbocycles. The molecule has 0 radical (unpaired) electrons. The molecular formula is C18H21NO3. The van der Waals surface area contributed by atoms with Gasteiger partial charge in [0.1, 0.15) is 18.1 Å². The first-order valence-corrected chi connectivity index (χ1v) is 7.33. The number of hydrogen-bond acceptors (Lipinski definition) is 4. The fourth-order valence-corrected chi connectivity index (χ4v) is 2.77. The zero-order chi connectivity index (χ0) is 15.9. The average Bonchev–Trinajstić information content (AvgIpc) is 2.85. The molecule has 0 spiro atoms. The average molecular weight is 299 g/mol. The van der Waals surface area contributed by atoms with Crippen molar-refractivity contribution in [3.8, 4) is 11.5 Å². The molecular weight excluding hydrogens is 278 g/mol. The molecule has 0 saturated heterocycles. The van der Waals surface area contributed by atoms with E-state index in [1.165, 1.54) is 0 Å². The van der Waals surface area contributed by atoms with Gasteiger partial charge in [-0.1, -0.05) is 6.07 Å². The maximum Gasteiger partial charge on any atom is 0.221 e. The van der Waals surface area contributed by atoms with Gasteiger partial charge in [-0.05, 0) is 49.9 Å². The summed E-state index contributed by atoms with van der Waals surface area (Å²) >= 11 is 0. The van der Waals surface area contributed by atoms with Crippen molar-refractivity contribution in [2.75, 3.05) is 20.8 Å². The molecule has 1 heterocycles. The molecule has 1 aliphatic rings. The molecule has 0 saturated carbocycles. The molecule has 0 N–H and O–H groups in total. The first-order chi connectivity index (χ1) is 10.4. The van der Waals surface area contributed by atoms with E-state index in [2.05, 4.69) is 19.9 Å². The number of nitrogens with zero attached hydrogens (tertiary/aromatic N) is 1. The number of aryl methyl sites for hydroxylation is 1. The number of ether oxygens (including phenoxy) is 3. The summed E-state index contributed by atoms with van der Waals surface area (Å²) in [5, 5.41) is 2.14. The van der Waals surface area contributed by atoms with Crippen LogP contribution in [0.15, 0.2) is 29.3 Å². The second-order valence-corrected chi connectivity index (χ2v) is 6.20. The van der Waals surface area contributed by atoms with E-state index in [-0.39, 0.29) is 5.54 Å². The molecule has 3 rings (SSSR count). The van der Waals surface area contributed by atoms with Crippen LogP contribution in [0.2, 0.25) is 0 Å². The van der Waals surface area contributed by atoms with Gasteiger partial charge in [-0.25, -0.2) is 4.99 Å². The fraction of sp³-hybridized carbons (Fsp3) is 0.389. The Bertz CT molecular complexity index is 763. The lowest BCUT2D eigenvalue weighted by Gasteiger charge is -2.14. The van der Waals surface area contributed by atoms with Gasteiger partial charge in [0.15, 0.2) is 0 Å². The minimum absolute atomic E-state index is 0.211. The van der Waals surface area contributed by atoms with Gasteiger partial charge in [-0.2, -0.15) is 0 Å². The summed E-state index contributed by atoms with van der Waals surface area (Å²) in [6, 6.07) is 8.14. The number of fused-ring (bicyclic) bond motifs is 1. The maximum atomic E-state index is 5.84. The van der Waals surface area contributed by atoms with Crippen molar-refractivity contribution in [3.05, 3.63) is 35.4 Å². The molecule has 2 aromatic rings. The van der Waals surface area contributed by atoms with Gasteiger partial charge in [0.2, 0.25) is 5.90 Å². The van der Waals surface area contributed by atoms with E-state index in [4.69, 9.17) is 19.2 Å². The fourth-order valence-electron chi connectivity index (χ4n) is 2.77. The first kappa shape index (κ1) is 14.7. The van der Waals surface area contributed by atoms with E-state index >= 15 is 0 Å². The monoisotopic (exact) mass is 299 g/mol. The third-order valence-electron chi connectivity index (χ3n) is 3.90. The molecule has 4 heteroatoms. The van der Waals surface area contributed by atoms with Gasteiger partial charge in [0.25, 0.3) is 0 Å².